The molecule has 0 spiro atoms. The molecule has 0 amide bonds. The lowest BCUT2D eigenvalue weighted by atomic mass is 10.1. The van der Waals surface area contributed by atoms with E-state index in [1.165, 1.54) is 25.3 Å². The zero-order valence-electron chi connectivity index (χ0n) is 8.71. The molecule has 1 aromatic carbocycles. The first-order valence-electron chi connectivity index (χ1n) is 4.50. The van der Waals surface area contributed by atoms with E-state index in [0.29, 0.717) is 5.56 Å². The van der Waals surface area contributed by atoms with Gasteiger partial charge < -0.3 is 4.74 Å². The predicted octanol–water partition coefficient (Wildman–Crippen LogP) is 1.95. The summed E-state index contributed by atoms with van der Waals surface area (Å²) >= 11 is 0. The molecule has 0 aliphatic rings. The molecule has 2 nitrogen and oxygen atoms in total. The Morgan fingerprint density at radius 2 is 2.12 bits per heavy atom. The van der Waals surface area contributed by atoms with Crippen molar-refractivity contribution >= 4 is 12.6 Å². The first-order valence-corrected chi connectivity index (χ1v) is 4.50. The number of hydrogen-bond acceptors (Lipinski definition) is 1. The molecule has 16 heavy (non-hydrogen) atoms. The van der Waals surface area contributed by atoms with Crippen molar-refractivity contribution in [3.8, 4) is 0 Å². The van der Waals surface area contributed by atoms with Gasteiger partial charge in [0.15, 0.2) is 0 Å². The van der Waals surface area contributed by atoms with Crippen LogP contribution in [0.3, 0.4) is 0 Å². The number of halogens is 3. The van der Waals surface area contributed by atoms with Gasteiger partial charge >= 0.3 is 12.1 Å². The van der Waals surface area contributed by atoms with Crippen molar-refractivity contribution in [3.05, 3.63) is 35.4 Å². The molecule has 0 saturated heterocycles. The van der Waals surface area contributed by atoms with Crippen molar-refractivity contribution in [3.63, 3.8) is 0 Å². The van der Waals surface area contributed by atoms with Crippen LogP contribution in [-0.4, -0.2) is 25.9 Å². The smallest absolute Gasteiger partial charge is 0.435 e. The van der Waals surface area contributed by atoms with Crippen LogP contribution in [0.25, 0.3) is 0 Å². The lowest BCUT2D eigenvalue weighted by molar-refractivity contribution is -0.127. The number of methoxy groups -OCH3 is 1. The minimum atomic E-state index is -4.21. The van der Waals surface area contributed by atoms with Crippen LogP contribution in [-0.2, 0) is 11.2 Å². The summed E-state index contributed by atoms with van der Waals surface area (Å²) in [6.07, 6.45) is -5.18. The highest BCUT2D eigenvalue weighted by molar-refractivity contribution is 5.93. The number of rotatable bonds is 2. The second kappa shape index (κ2) is 4.86. The molecule has 0 saturated carbocycles. The topological polar surface area (TPSA) is 23.3 Å². The number of ether oxygens (including phenoxy) is 1. The van der Waals surface area contributed by atoms with Crippen molar-refractivity contribution in [1.82, 2.24) is 4.67 Å². The number of hydrogen-bond donors (Lipinski definition) is 0. The van der Waals surface area contributed by atoms with E-state index >= 15 is 0 Å². The Labute approximate surface area is 91.1 Å². The van der Waals surface area contributed by atoms with Gasteiger partial charge in [-0.25, -0.2) is 0 Å². The average Bonchev–Trinajstić information content (AvgIpc) is 2.17. The van der Waals surface area contributed by atoms with Gasteiger partial charge in [0.05, 0.1) is 13.5 Å². The van der Waals surface area contributed by atoms with Gasteiger partial charge in [0.1, 0.15) is 5.56 Å². The first-order chi connectivity index (χ1) is 7.46. The number of benzene rings is 1. The van der Waals surface area contributed by atoms with Crippen LogP contribution in [0.4, 0.5) is 13.2 Å². The fourth-order valence-corrected chi connectivity index (χ4v) is 1.32. The highest BCUT2D eigenvalue weighted by Crippen LogP contribution is 2.21. The van der Waals surface area contributed by atoms with Crippen LogP contribution in [0.2, 0.25) is 0 Å². The van der Waals surface area contributed by atoms with E-state index < -0.39 is 12.6 Å². The quantitative estimate of drug-likeness (QED) is 0.432. The summed E-state index contributed by atoms with van der Waals surface area (Å²) in [6.45, 7) is 3.28. The van der Waals surface area contributed by atoms with Gasteiger partial charge in [-0.05, 0) is 17.7 Å². The molecule has 0 bridgehead atoms. The molecule has 0 N–H and O–H groups in total. The third-order valence-electron chi connectivity index (χ3n) is 1.92. The van der Waals surface area contributed by atoms with E-state index in [2.05, 4.69) is 11.4 Å². The standard InChI is InChI=1S/C11H11F3NO/c1-15-10(16-2)9-5-3-4-8(6-9)7-11(12,13)14/h3-6H,1,7H2,2H3/q+1. The molecule has 0 heterocycles. The number of alkyl halides is 3. The summed E-state index contributed by atoms with van der Waals surface area (Å²) in [7, 11) is 1.39. The van der Waals surface area contributed by atoms with Gasteiger partial charge in [-0.2, -0.15) is 13.2 Å². The Hall–Kier alpha value is -1.74. The second-order valence-corrected chi connectivity index (χ2v) is 3.16. The van der Waals surface area contributed by atoms with Crippen LogP contribution in [0.1, 0.15) is 11.1 Å². The normalized spacial score (nSPS) is 10.8. The van der Waals surface area contributed by atoms with Gasteiger partial charge in [-0.15, -0.1) is 0 Å². The lowest BCUT2D eigenvalue weighted by Crippen LogP contribution is -2.13. The van der Waals surface area contributed by atoms with Gasteiger partial charge in [-0.3, -0.25) is 0 Å². The molecule has 0 atom stereocenters. The highest BCUT2D eigenvalue weighted by atomic mass is 19.4. The van der Waals surface area contributed by atoms with Crippen LogP contribution < -0.4 is 4.67 Å². The van der Waals surface area contributed by atoms with Crippen LogP contribution in [0, 0.1) is 0 Å². The first kappa shape index (κ1) is 12.3. The molecule has 0 fully saturated rings. The molecule has 0 aromatic heterocycles. The fourth-order valence-electron chi connectivity index (χ4n) is 1.32. The monoisotopic (exact) mass is 230 g/mol. The fraction of sp³-hybridized carbons (Fsp3) is 0.273. The van der Waals surface area contributed by atoms with Gasteiger partial charge in [0.25, 0.3) is 6.72 Å². The molecular weight excluding hydrogens is 219 g/mol. The molecule has 1 aromatic rings. The van der Waals surface area contributed by atoms with E-state index in [1.54, 1.807) is 6.07 Å². The van der Waals surface area contributed by atoms with Gasteiger partial charge in [0.2, 0.25) is 0 Å². The van der Waals surface area contributed by atoms with Gasteiger partial charge in [0, 0.05) is 0 Å². The summed E-state index contributed by atoms with van der Waals surface area (Å²) in [5.74, 6) is 0.212. The average molecular weight is 230 g/mol. The third kappa shape index (κ3) is 3.44. The molecular formula is C11H11F3NO+. The number of nitrogens with zero attached hydrogens (tertiary/aromatic N) is 1. The molecule has 5 heteroatoms. The zero-order chi connectivity index (χ0) is 12.2. The minimum absolute atomic E-state index is 0.170. The molecule has 0 unspecified atom stereocenters. The summed E-state index contributed by atoms with van der Waals surface area (Å²) in [4.78, 5) is 0. The predicted molar refractivity (Wildman–Crippen MR) is 56.6 cm³/mol. The van der Waals surface area contributed by atoms with Crippen molar-refractivity contribution in [2.24, 2.45) is 0 Å². The van der Waals surface area contributed by atoms with Crippen molar-refractivity contribution in [2.75, 3.05) is 7.11 Å². The van der Waals surface area contributed by atoms with Crippen molar-refractivity contribution < 1.29 is 17.9 Å². The minimum Gasteiger partial charge on any atom is -0.435 e. The Bertz CT molecular complexity index is 419. The Kier molecular flexibility index (Phi) is 3.74. The summed E-state index contributed by atoms with van der Waals surface area (Å²) in [6, 6.07) is 5.95. The molecule has 86 valence electrons. The Balaban J connectivity index is 3.00. The molecule has 0 radical (unpaired) electrons. The van der Waals surface area contributed by atoms with E-state index in [0.717, 1.165) is 0 Å². The van der Waals surface area contributed by atoms with E-state index in [9.17, 15) is 13.2 Å². The molecule has 0 aliphatic heterocycles. The van der Waals surface area contributed by atoms with E-state index in [-0.39, 0.29) is 11.5 Å². The maximum atomic E-state index is 12.2. The van der Waals surface area contributed by atoms with Gasteiger partial charge in [-0.1, -0.05) is 16.8 Å². The Morgan fingerprint density at radius 3 is 2.62 bits per heavy atom. The Morgan fingerprint density at radius 1 is 1.44 bits per heavy atom. The van der Waals surface area contributed by atoms with Crippen molar-refractivity contribution in [2.45, 2.75) is 12.6 Å². The summed E-state index contributed by atoms with van der Waals surface area (Å²) in [5, 5.41) is 0. The summed E-state index contributed by atoms with van der Waals surface area (Å²) in [5.41, 5.74) is 0.655. The van der Waals surface area contributed by atoms with Crippen molar-refractivity contribution in [1.29, 1.82) is 0 Å². The summed E-state index contributed by atoms with van der Waals surface area (Å²) < 4.78 is 44.9. The van der Waals surface area contributed by atoms with Crippen LogP contribution in [0.15, 0.2) is 24.3 Å². The van der Waals surface area contributed by atoms with Crippen LogP contribution in [0.5, 0.6) is 0 Å². The van der Waals surface area contributed by atoms with E-state index in [1.807, 2.05) is 0 Å². The van der Waals surface area contributed by atoms with Crippen LogP contribution >= 0.6 is 0 Å². The maximum Gasteiger partial charge on any atom is 0.493 e. The lowest BCUT2D eigenvalue weighted by Gasteiger charge is -2.06. The molecule has 1 rings (SSSR count). The van der Waals surface area contributed by atoms with E-state index in [4.69, 9.17) is 4.74 Å². The highest BCUT2D eigenvalue weighted by Gasteiger charge is 2.28. The SMILES string of the molecule is C=[N+]=C(OC)c1cccc(CC(F)(F)F)c1. The second-order valence-electron chi connectivity index (χ2n) is 3.16. The zero-order valence-corrected chi connectivity index (χ0v) is 8.71. The third-order valence-corrected chi connectivity index (χ3v) is 1.92. The largest absolute Gasteiger partial charge is 0.493 e. The maximum absolute atomic E-state index is 12.2. The molecule has 0 aliphatic carbocycles.